The summed E-state index contributed by atoms with van der Waals surface area (Å²) in [6.07, 6.45) is 0.910. The van der Waals surface area contributed by atoms with Crippen molar-refractivity contribution in [2.24, 2.45) is 0 Å². The Bertz CT molecular complexity index is 627. The van der Waals surface area contributed by atoms with Crippen LogP contribution in [0.3, 0.4) is 0 Å². The van der Waals surface area contributed by atoms with Crippen LogP contribution in [0, 0.1) is 0 Å². The summed E-state index contributed by atoms with van der Waals surface area (Å²) in [6, 6.07) is 12.5. The van der Waals surface area contributed by atoms with Crippen LogP contribution in [0.15, 0.2) is 48.5 Å². The second-order valence-corrected chi connectivity index (χ2v) is 4.73. The summed E-state index contributed by atoms with van der Waals surface area (Å²) in [5.41, 5.74) is 0.963. The highest BCUT2D eigenvalue weighted by atomic mass is 19.3. The fourth-order valence-corrected chi connectivity index (χ4v) is 1.85. The average Bonchev–Trinajstić information content (AvgIpc) is 2.54. The Morgan fingerprint density at radius 3 is 2.22 bits per heavy atom. The molecule has 23 heavy (non-hydrogen) atoms. The van der Waals surface area contributed by atoms with Crippen molar-refractivity contribution in [3.63, 3.8) is 0 Å². The van der Waals surface area contributed by atoms with Crippen LogP contribution in [-0.2, 0) is 0 Å². The highest BCUT2D eigenvalue weighted by Crippen LogP contribution is 2.19. The summed E-state index contributed by atoms with van der Waals surface area (Å²) in [7, 11) is 0. The lowest BCUT2D eigenvalue weighted by Gasteiger charge is -2.08. The lowest BCUT2D eigenvalue weighted by atomic mass is 10.2. The van der Waals surface area contributed by atoms with E-state index in [4.69, 9.17) is 4.74 Å². The average molecular weight is 321 g/mol. The first-order valence-electron chi connectivity index (χ1n) is 7.17. The van der Waals surface area contributed by atoms with E-state index in [2.05, 4.69) is 10.1 Å². The molecule has 0 spiro atoms. The number of nitrogens with one attached hydrogen (secondary N) is 1. The molecular formula is C17H17F2NO3. The van der Waals surface area contributed by atoms with E-state index in [-0.39, 0.29) is 11.7 Å². The van der Waals surface area contributed by atoms with Gasteiger partial charge in [-0.05, 0) is 55.0 Å². The molecule has 1 amide bonds. The number of hydrogen-bond acceptors (Lipinski definition) is 3. The molecule has 0 aliphatic heterocycles. The van der Waals surface area contributed by atoms with Crippen LogP contribution in [0.25, 0.3) is 0 Å². The number of carbonyl (C=O) groups excluding carboxylic acids is 1. The monoisotopic (exact) mass is 321 g/mol. The van der Waals surface area contributed by atoms with Gasteiger partial charge in [0.2, 0.25) is 0 Å². The maximum absolute atomic E-state index is 12.1. The molecule has 0 aliphatic carbocycles. The molecule has 0 bridgehead atoms. The van der Waals surface area contributed by atoms with Crippen LogP contribution in [0.4, 0.5) is 14.5 Å². The molecule has 0 atom stereocenters. The van der Waals surface area contributed by atoms with Gasteiger partial charge in [0.25, 0.3) is 5.91 Å². The summed E-state index contributed by atoms with van der Waals surface area (Å²) < 4.78 is 33.8. The zero-order valence-electron chi connectivity index (χ0n) is 12.6. The van der Waals surface area contributed by atoms with Crippen molar-refractivity contribution < 1.29 is 23.0 Å². The number of hydrogen-bond donors (Lipinski definition) is 1. The van der Waals surface area contributed by atoms with Crippen molar-refractivity contribution in [3.05, 3.63) is 54.1 Å². The van der Waals surface area contributed by atoms with Crippen LogP contribution in [0.2, 0.25) is 0 Å². The van der Waals surface area contributed by atoms with Crippen LogP contribution in [0.1, 0.15) is 23.7 Å². The molecule has 0 aromatic heterocycles. The second kappa shape index (κ2) is 8.12. The van der Waals surface area contributed by atoms with E-state index in [1.807, 2.05) is 6.92 Å². The molecule has 0 saturated heterocycles. The quantitative estimate of drug-likeness (QED) is 0.826. The van der Waals surface area contributed by atoms with Crippen molar-refractivity contribution in [1.29, 1.82) is 0 Å². The fourth-order valence-electron chi connectivity index (χ4n) is 1.85. The zero-order chi connectivity index (χ0) is 16.7. The van der Waals surface area contributed by atoms with Gasteiger partial charge in [0, 0.05) is 11.3 Å². The summed E-state index contributed by atoms with van der Waals surface area (Å²) in [5, 5.41) is 2.68. The number of rotatable bonds is 7. The molecule has 4 nitrogen and oxygen atoms in total. The van der Waals surface area contributed by atoms with E-state index >= 15 is 0 Å². The van der Waals surface area contributed by atoms with Gasteiger partial charge in [0.15, 0.2) is 0 Å². The van der Waals surface area contributed by atoms with Gasteiger partial charge in [0.1, 0.15) is 11.5 Å². The largest absolute Gasteiger partial charge is 0.494 e. The Balaban J connectivity index is 1.95. The minimum Gasteiger partial charge on any atom is -0.494 e. The van der Waals surface area contributed by atoms with Crippen LogP contribution < -0.4 is 14.8 Å². The molecule has 0 fully saturated rings. The molecule has 1 N–H and O–H groups in total. The Morgan fingerprint density at radius 2 is 1.65 bits per heavy atom. The Hall–Kier alpha value is -2.63. The minimum absolute atomic E-state index is 0.0374. The van der Waals surface area contributed by atoms with Crippen LogP contribution >= 0.6 is 0 Å². The highest BCUT2D eigenvalue weighted by molar-refractivity contribution is 6.04. The third kappa shape index (κ3) is 5.25. The number of anilines is 1. The van der Waals surface area contributed by atoms with Crippen molar-refractivity contribution in [2.45, 2.75) is 20.0 Å². The maximum atomic E-state index is 12.1. The number of carbonyl (C=O) groups is 1. The number of halogens is 2. The molecule has 0 unspecified atom stereocenters. The van der Waals surface area contributed by atoms with E-state index in [0.717, 1.165) is 6.42 Å². The van der Waals surface area contributed by atoms with Gasteiger partial charge >= 0.3 is 6.61 Å². The summed E-state index contributed by atoms with van der Waals surface area (Å²) in [5.74, 6) is 0.446. The van der Waals surface area contributed by atoms with Gasteiger partial charge in [-0.2, -0.15) is 8.78 Å². The first-order chi connectivity index (χ1) is 11.1. The molecule has 6 heteroatoms. The van der Waals surface area contributed by atoms with E-state index in [1.54, 1.807) is 24.3 Å². The van der Waals surface area contributed by atoms with E-state index in [9.17, 15) is 13.6 Å². The molecule has 0 saturated carbocycles. The van der Waals surface area contributed by atoms with Gasteiger partial charge in [-0.1, -0.05) is 6.92 Å². The van der Waals surface area contributed by atoms with Gasteiger partial charge in [-0.25, -0.2) is 0 Å². The van der Waals surface area contributed by atoms with Gasteiger partial charge in [-0.3, -0.25) is 4.79 Å². The molecule has 2 aromatic carbocycles. The number of ether oxygens (including phenoxy) is 2. The Labute approximate surface area is 133 Å². The molecule has 0 radical (unpaired) electrons. The first-order valence-corrected chi connectivity index (χ1v) is 7.17. The van der Waals surface area contributed by atoms with E-state index in [0.29, 0.717) is 23.6 Å². The maximum Gasteiger partial charge on any atom is 0.387 e. The molecule has 2 aromatic rings. The lowest BCUT2D eigenvalue weighted by Crippen LogP contribution is -2.11. The predicted molar refractivity (Wildman–Crippen MR) is 83.3 cm³/mol. The van der Waals surface area contributed by atoms with Gasteiger partial charge in [0.05, 0.1) is 6.61 Å². The normalized spacial score (nSPS) is 10.4. The number of amides is 1. The summed E-state index contributed by atoms with van der Waals surface area (Å²) in [4.78, 5) is 12.1. The van der Waals surface area contributed by atoms with Gasteiger partial charge < -0.3 is 14.8 Å². The third-order valence-electron chi connectivity index (χ3n) is 2.93. The molecule has 0 heterocycles. The van der Waals surface area contributed by atoms with E-state index in [1.165, 1.54) is 24.3 Å². The minimum atomic E-state index is -2.87. The predicted octanol–water partition coefficient (Wildman–Crippen LogP) is 4.33. The molecule has 122 valence electrons. The number of benzene rings is 2. The SMILES string of the molecule is CCCOc1ccc(C(=O)Nc2ccc(OC(F)F)cc2)cc1. The first kappa shape index (κ1) is 16.7. The standard InChI is InChI=1S/C17H17F2NO3/c1-2-11-22-14-7-3-12(4-8-14)16(21)20-13-5-9-15(10-6-13)23-17(18)19/h3-10,17H,2,11H2,1H3,(H,20,21). The van der Waals surface area contributed by atoms with Crippen LogP contribution in [-0.4, -0.2) is 19.1 Å². The lowest BCUT2D eigenvalue weighted by molar-refractivity contribution is -0.0498. The van der Waals surface area contributed by atoms with Crippen molar-refractivity contribution in [1.82, 2.24) is 0 Å². The number of alkyl halides is 2. The van der Waals surface area contributed by atoms with Crippen molar-refractivity contribution >= 4 is 11.6 Å². The van der Waals surface area contributed by atoms with Crippen molar-refractivity contribution in [2.75, 3.05) is 11.9 Å². The summed E-state index contributed by atoms with van der Waals surface area (Å²) in [6.45, 7) is -0.234. The fraction of sp³-hybridized carbons (Fsp3) is 0.235. The zero-order valence-corrected chi connectivity index (χ0v) is 12.6. The Kier molecular flexibility index (Phi) is 5.91. The third-order valence-corrected chi connectivity index (χ3v) is 2.93. The summed E-state index contributed by atoms with van der Waals surface area (Å²) >= 11 is 0. The Morgan fingerprint density at radius 1 is 1.04 bits per heavy atom. The topological polar surface area (TPSA) is 47.6 Å². The van der Waals surface area contributed by atoms with Crippen LogP contribution in [0.5, 0.6) is 11.5 Å². The molecule has 2 rings (SSSR count). The second-order valence-electron chi connectivity index (χ2n) is 4.73. The smallest absolute Gasteiger partial charge is 0.387 e. The highest BCUT2D eigenvalue weighted by Gasteiger charge is 2.08. The molecule has 0 aliphatic rings. The van der Waals surface area contributed by atoms with Crippen molar-refractivity contribution in [3.8, 4) is 11.5 Å². The van der Waals surface area contributed by atoms with E-state index < -0.39 is 6.61 Å². The van der Waals surface area contributed by atoms with Gasteiger partial charge in [-0.15, -0.1) is 0 Å². The molecular weight excluding hydrogens is 304 g/mol.